The molecule has 0 bridgehead atoms. The predicted octanol–water partition coefficient (Wildman–Crippen LogP) is 4.37. The molecule has 1 heterocycles. The van der Waals surface area contributed by atoms with Gasteiger partial charge in [0, 0.05) is 18.2 Å². The number of hydrogen-bond acceptors (Lipinski definition) is 5. The van der Waals surface area contributed by atoms with Gasteiger partial charge in [-0.15, -0.1) is 0 Å². The summed E-state index contributed by atoms with van der Waals surface area (Å²) in [5, 5.41) is 3.32. The van der Waals surface area contributed by atoms with Gasteiger partial charge in [-0.05, 0) is 31.5 Å². The summed E-state index contributed by atoms with van der Waals surface area (Å²) in [6.07, 6.45) is 0.473. The SMILES string of the molecule is CC(C)(Nc1nc2ccc(OC/C(=C/F)CN)cc2o1)c1ccccc1. The molecule has 0 amide bonds. The molecule has 2 aromatic carbocycles. The van der Waals surface area contributed by atoms with Gasteiger partial charge in [0.25, 0.3) is 6.01 Å². The van der Waals surface area contributed by atoms with E-state index in [0.717, 1.165) is 5.56 Å². The van der Waals surface area contributed by atoms with Crippen LogP contribution >= 0.6 is 0 Å². The molecule has 0 saturated carbocycles. The zero-order valence-corrected chi connectivity index (χ0v) is 14.8. The minimum atomic E-state index is -0.344. The average Bonchev–Trinajstić information content (AvgIpc) is 3.04. The van der Waals surface area contributed by atoms with Crippen molar-refractivity contribution in [3.8, 4) is 5.75 Å². The monoisotopic (exact) mass is 355 g/mol. The minimum Gasteiger partial charge on any atom is -0.489 e. The van der Waals surface area contributed by atoms with Gasteiger partial charge in [0.1, 0.15) is 17.9 Å². The van der Waals surface area contributed by atoms with Crippen LogP contribution in [0.25, 0.3) is 11.1 Å². The molecule has 136 valence electrons. The number of nitrogens with zero attached hydrogens (tertiary/aromatic N) is 1. The van der Waals surface area contributed by atoms with Crippen molar-refractivity contribution in [1.82, 2.24) is 4.98 Å². The van der Waals surface area contributed by atoms with Crippen LogP contribution in [0.15, 0.2) is 64.9 Å². The molecule has 5 nitrogen and oxygen atoms in total. The third-order valence-electron chi connectivity index (χ3n) is 4.12. The van der Waals surface area contributed by atoms with Crippen molar-refractivity contribution >= 4 is 17.1 Å². The molecule has 3 N–H and O–H groups in total. The van der Waals surface area contributed by atoms with Crippen LogP contribution in [-0.2, 0) is 5.54 Å². The molecule has 0 aliphatic rings. The number of fused-ring (bicyclic) bond motifs is 1. The van der Waals surface area contributed by atoms with Gasteiger partial charge in [0.2, 0.25) is 0 Å². The summed E-state index contributed by atoms with van der Waals surface area (Å²) in [7, 11) is 0. The highest BCUT2D eigenvalue weighted by molar-refractivity contribution is 5.76. The van der Waals surface area contributed by atoms with E-state index in [1.165, 1.54) is 0 Å². The second-order valence-electron chi connectivity index (χ2n) is 6.52. The first-order valence-corrected chi connectivity index (χ1v) is 8.37. The molecule has 26 heavy (non-hydrogen) atoms. The lowest BCUT2D eigenvalue weighted by Crippen LogP contribution is -2.27. The summed E-state index contributed by atoms with van der Waals surface area (Å²) >= 11 is 0. The van der Waals surface area contributed by atoms with Crippen LogP contribution < -0.4 is 15.8 Å². The Labute approximate surface area is 151 Å². The van der Waals surface area contributed by atoms with Crippen molar-refractivity contribution in [2.75, 3.05) is 18.5 Å². The largest absolute Gasteiger partial charge is 0.489 e. The molecule has 1 aromatic heterocycles. The smallest absolute Gasteiger partial charge is 0.296 e. The van der Waals surface area contributed by atoms with Crippen LogP contribution in [0.1, 0.15) is 19.4 Å². The maximum atomic E-state index is 12.6. The number of halogens is 1. The Kier molecular flexibility index (Phi) is 5.23. The van der Waals surface area contributed by atoms with Crippen molar-refractivity contribution in [3.05, 3.63) is 66.0 Å². The van der Waals surface area contributed by atoms with Crippen molar-refractivity contribution < 1.29 is 13.5 Å². The Morgan fingerprint density at radius 1 is 1.27 bits per heavy atom. The molecular formula is C20H22FN3O2. The lowest BCUT2D eigenvalue weighted by molar-refractivity contribution is 0.347. The molecule has 0 spiro atoms. The number of aromatic nitrogens is 1. The van der Waals surface area contributed by atoms with E-state index in [-0.39, 0.29) is 18.7 Å². The van der Waals surface area contributed by atoms with Gasteiger partial charge < -0.3 is 20.2 Å². The standard InChI is InChI=1S/C20H22FN3O2/c1-20(2,15-6-4-3-5-7-15)24-19-23-17-9-8-16(10-18(17)26-19)25-13-14(11-21)12-22/h3-11H,12-13,22H2,1-2H3,(H,23,24)/b14-11+. The number of nitrogens with two attached hydrogens (primary N) is 1. The number of rotatable bonds is 7. The van der Waals surface area contributed by atoms with E-state index in [0.29, 0.717) is 34.8 Å². The van der Waals surface area contributed by atoms with E-state index < -0.39 is 0 Å². The molecule has 3 aromatic rings. The van der Waals surface area contributed by atoms with Crippen LogP contribution in [0.5, 0.6) is 5.75 Å². The van der Waals surface area contributed by atoms with E-state index in [4.69, 9.17) is 14.9 Å². The Morgan fingerprint density at radius 3 is 2.73 bits per heavy atom. The van der Waals surface area contributed by atoms with Gasteiger partial charge in [-0.25, -0.2) is 4.39 Å². The average molecular weight is 355 g/mol. The number of ether oxygens (including phenoxy) is 1. The number of anilines is 1. The van der Waals surface area contributed by atoms with E-state index in [1.807, 2.05) is 18.2 Å². The fourth-order valence-electron chi connectivity index (χ4n) is 2.55. The molecule has 0 aliphatic heterocycles. The highest BCUT2D eigenvalue weighted by Gasteiger charge is 2.22. The Morgan fingerprint density at radius 2 is 2.04 bits per heavy atom. The van der Waals surface area contributed by atoms with Gasteiger partial charge in [-0.1, -0.05) is 30.3 Å². The number of hydrogen-bond donors (Lipinski definition) is 2. The molecule has 0 aliphatic carbocycles. The van der Waals surface area contributed by atoms with Crippen LogP contribution in [-0.4, -0.2) is 18.1 Å². The van der Waals surface area contributed by atoms with E-state index in [1.54, 1.807) is 18.2 Å². The van der Waals surface area contributed by atoms with Crippen molar-refractivity contribution in [1.29, 1.82) is 0 Å². The Balaban J connectivity index is 1.77. The van der Waals surface area contributed by atoms with Crippen LogP contribution in [0.4, 0.5) is 10.4 Å². The van der Waals surface area contributed by atoms with Crippen LogP contribution in [0.3, 0.4) is 0 Å². The van der Waals surface area contributed by atoms with E-state index >= 15 is 0 Å². The summed E-state index contributed by atoms with van der Waals surface area (Å²) < 4.78 is 23.9. The molecule has 0 unspecified atom stereocenters. The molecule has 0 radical (unpaired) electrons. The first-order valence-electron chi connectivity index (χ1n) is 8.37. The Bertz CT molecular complexity index is 904. The fraction of sp³-hybridized carbons (Fsp3) is 0.250. The van der Waals surface area contributed by atoms with Crippen LogP contribution in [0, 0.1) is 0 Å². The van der Waals surface area contributed by atoms with E-state index in [2.05, 4.69) is 36.3 Å². The fourth-order valence-corrected chi connectivity index (χ4v) is 2.55. The van der Waals surface area contributed by atoms with Crippen LogP contribution in [0.2, 0.25) is 0 Å². The van der Waals surface area contributed by atoms with Crippen molar-refractivity contribution in [2.45, 2.75) is 19.4 Å². The predicted molar refractivity (Wildman–Crippen MR) is 101 cm³/mol. The normalized spacial score (nSPS) is 12.4. The Hall–Kier alpha value is -2.86. The number of oxazole rings is 1. The summed E-state index contributed by atoms with van der Waals surface area (Å²) in [5.74, 6) is 0.565. The second kappa shape index (κ2) is 7.58. The first kappa shape index (κ1) is 17.9. The summed E-state index contributed by atoms with van der Waals surface area (Å²) in [4.78, 5) is 4.47. The summed E-state index contributed by atoms with van der Waals surface area (Å²) in [5.41, 5.74) is 7.89. The zero-order chi connectivity index (χ0) is 18.6. The molecule has 0 fully saturated rings. The van der Waals surface area contributed by atoms with Gasteiger partial charge >= 0.3 is 0 Å². The van der Waals surface area contributed by atoms with E-state index in [9.17, 15) is 4.39 Å². The topological polar surface area (TPSA) is 73.3 Å². The third kappa shape index (κ3) is 4.03. The molecule has 0 saturated heterocycles. The highest BCUT2D eigenvalue weighted by Crippen LogP contribution is 2.29. The van der Waals surface area contributed by atoms with Gasteiger partial charge in [-0.3, -0.25) is 0 Å². The molecule has 6 heteroatoms. The second-order valence-corrected chi connectivity index (χ2v) is 6.52. The highest BCUT2D eigenvalue weighted by atomic mass is 19.1. The van der Waals surface area contributed by atoms with Gasteiger partial charge in [0.05, 0.1) is 11.9 Å². The first-order chi connectivity index (χ1) is 12.5. The number of nitrogens with one attached hydrogen (secondary N) is 1. The van der Waals surface area contributed by atoms with Crippen molar-refractivity contribution in [2.24, 2.45) is 5.73 Å². The molecular weight excluding hydrogens is 333 g/mol. The lowest BCUT2D eigenvalue weighted by Gasteiger charge is -2.25. The van der Waals surface area contributed by atoms with Crippen molar-refractivity contribution in [3.63, 3.8) is 0 Å². The van der Waals surface area contributed by atoms with Gasteiger partial charge in [0.15, 0.2) is 5.58 Å². The lowest BCUT2D eigenvalue weighted by atomic mass is 9.95. The maximum absolute atomic E-state index is 12.6. The summed E-state index contributed by atoms with van der Waals surface area (Å²) in [6, 6.07) is 15.8. The maximum Gasteiger partial charge on any atom is 0.296 e. The number of benzene rings is 2. The zero-order valence-electron chi connectivity index (χ0n) is 14.8. The quantitative estimate of drug-likeness (QED) is 0.658. The molecule has 0 atom stereocenters. The van der Waals surface area contributed by atoms with Gasteiger partial charge in [-0.2, -0.15) is 4.98 Å². The third-order valence-corrected chi connectivity index (χ3v) is 4.12. The summed E-state index contributed by atoms with van der Waals surface area (Å²) in [6.45, 7) is 4.33. The molecule has 3 rings (SSSR count). The minimum absolute atomic E-state index is 0.0960.